The highest BCUT2D eigenvalue weighted by molar-refractivity contribution is 7.13. The Morgan fingerprint density at radius 3 is 1.21 bits per heavy atom. The molecule has 0 amide bonds. The van der Waals surface area contributed by atoms with Crippen LogP contribution in [0.5, 0.6) is 0 Å². The third-order valence-corrected chi connectivity index (χ3v) is 16.1. The number of fused-ring (bicyclic) bond motifs is 4. The van der Waals surface area contributed by atoms with Gasteiger partial charge in [-0.1, -0.05) is 71.2 Å². The number of hydrogen-bond donors (Lipinski definition) is 0. The minimum atomic E-state index is -1.67. The lowest BCUT2D eigenvalue weighted by atomic mass is 10.0. The smallest absolute Gasteiger partial charge is 0.0714 e. The largest absolute Gasteiger partial charge is 0.108 e. The van der Waals surface area contributed by atoms with Gasteiger partial charge in [-0.3, -0.25) is 0 Å². The molecule has 1 heterocycles. The maximum Gasteiger partial charge on any atom is 0.108 e. The SMILES string of the molecule is Cc1cc2c(cc1C)C1=C(C2)[Si](C)(C)C2=C(Cc3cc(C)c(C)cc32)[Si]1(C)C. The van der Waals surface area contributed by atoms with E-state index in [4.69, 9.17) is 0 Å². The van der Waals surface area contributed by atoms with Gasteiger partial charge in [-0.2, -0.15) is 0 Å². The van der Waals surface area contributed by atoms with Crippen molar-refractivity contribution in [3.8, 4) is 0 Å². The lowest BCUT2D eigenvalue weighted by Crippen LogP contribution is -2.45. The molecule has 5 rings (SSSR count). The minimum Gasteiger partial charge on any atom is -0.0714 e. The third kappa shape index (κ3) is 2.16. The summed E-state index contributed by atoms with van der Waals surface area (Å²) in [6.45, 7) is 19.7. The van der Waals surface area contributed by atoms with Crippen molar-refractivity contribution in [1.82, 2.24) is 0 Å². The Morgan fingerprint density at radius 1 is 0.536 bits per heavy atom. The molecule has 0 atom stereocenters. The summed E-state index contributed by atoms with van der Waals surface area (Å²) in [5.74, 6) is 0. The summed E-state index contributed by atoms with van der Waals surface area (Å²) < 4.78 is 0. The van der Waals surface area contributed by atoms with Gasteiger partial charge in [-0.05, 0) is 85.0 Å². The van der Waals surface area contributed by atoms with Gasteiger partial charge in [-0.25, -0.2) is 0 Å². The first kappa shape index (κ1) is 18.4. The molecule has 0 radical (unpaired) electrons. The Bertz CT molecular complexity index is 1050. The Balaban J connectivity index is 1.76. The van der Waals surface area contributed by atoms with Crippen molar-refractivity contribution in [2.24, 2.45) is 0 Å². The van der Waals surface area contributed by atoms with Gasteiger partial charge >= 0.3 is 0 Å². The van der Waals surface area contributed by atoms with E-state index in [0.717, 1.165) is 0 Å². The second kappa shape index (κ2) is 5.49. The molecule has 2 aromatic carbocycles. The van der Waals surface area contributed by atoms with Crippen molar-refractivity contribution in [2.75, 3.05) is 0 Å². The summed E-state index contributed by atoms with van der Waals surface area (Å²) in [6, 6.07) is 10.0. The van der Waals surface area contributed by atoms with E-state index in [1.807, 2.05) is 20.8 Å². The lowest BCUT2D eigenvalue weighted by Gasteiger charge is -2.41. The Hall–Kier alpha value is -1.65. The van der Waals surface area contributed by atoms with Crippen LogP contribution in [0, 0.1) is 27.7 Å². The van der Waals surface area contributed by atoms with Gasteiger partial charge in [0.25, 0.3) is 0 Å². The van der Waals surface area contributed by atoms with Gasteiger partial charge in [0.05, 0.1) is 0 Å². The zero-order valence-corrected chi connectivity index (χ0v) is 20.7. The molecule has 0 aromatic heterocycles. The fraction of sp³-hybridized carbons (Fsp3) is 0.385. The monoisotopic (exact) mass is 400 g/mol. The summed E-state index contributed by atoms with van der Waals surface area (Å²) in [6.07, 6.45) is 2.41. The van der Waals surface area contributed by atoms with E-state index in [1.165, 1.54) is 35.1 Å². The molecule has 28 heavy (non-hydrogen) atoms. The van der Waals surface area contributed by atoms with E-state index >= 15 is 0 Å². The predicted octanol–water partition coefficient (Wildman–Crippen LogP) is 6.83. The van der Waals surface area contributed by atoms with Gasteiger partial charge in [0.1, 0.15) is 16.1 Å². The maximum absolute atomic E-state index is 2.64. The molecule has 0 unspecified atom stereocenters. The predicted molar refractivity (Wildman–Crippen MR) is 128 cm³/mol. The number of hydrogen-bond acceptors (Lipinski definition) is 0. The fourth-order valence-corrected chi connectivity index (χ4v) is 16.8. The van der Waals surface area contributed by atoms with Crippen molar-refractivity contribution < 1.29 is 0 Å². The van der Waals surface area contributed by atoms with E-state index in [0.29, 0.717) is 0 Å². The van der Waals surface area contributed by atoms with Crippen LogP contribution in [0.1, 0.15) is 44.5 Å². The molecule has 0 saturated carbocycles. The normalized spacial score (nSPS) is 20.9. The topological polar surface area (TPSA) is 0 Å². The molecular formula is C26H32Si2. The summed E-state index contributed by atoms with van der Waals surface area (Å²) in [5, 5.41) is 7.35. The fourth-order valence-electron chi connectivity index (χ4n) is 6.19. The molecule has 0 spiro atoms. The van der Waals surface area contributed by atoms with E-state index in [9.17, 15) is 0 Å². The van der Waals surface area contributed by atoms with Crippen molar-refractivity contribution in [2.45, 2.75) is 66.7 Å². The van der Waals surface area contributed by atoms with Gasteiger partial charge < -0.3 is 0 Å². The molecule has 0 nitrogen and oxygen atoms in total. The average molecular weight is 401 g/mol. The zero-order valence-electron chi connectivity index (χ0n) is 18.7. The summed E-state index contributed by atoms with van der Waals surface area (Å²) >= 11 is 0. The molecule has 144 valence electrons. The third-order valence-electron chi connectivity index (χ3n) is 8.07. The van der Waals surface area contributed by atoms with Gasteiger partial charge in [0, 0.05) is 0 Å². The molecular weight excluding hydrogens is 368 g/mol. The molecule has 1 aliphatic heterocycles. The lowest BCUT2D eigenvalue weighted by molar-refractivity contribution is 1.22. The van der Waals surface area contributed by atoms with Crippen LogP contribution in [0.2, 0.25) is 26.2 Å². The van der Waals surface area contributed by atoms with Gasteiger partial charge in [0.15, 0.2) is 0 Å². The quantitative estimate of drug-likeness (QED) is 0.425. The number of benzene rings is 2. The Kier molecular flexibility index (Phi) is 3.60. The Labute approximate surface area is 172 Å². The highest BCUT2D eigenvalue weighted by Gasteiger charge is 2.52. The van der Waals surface area contributed by atoms with Gasteiger partial charge in [-0.15, -0.1) is 0 Å². The molecule has 0 saturated heterocycles. The molecule has 2 aromatic rings. The van der Waals surface area contributed by atoms with Crippen LogP contribution in [0.3, 0.4) is 0 Å². The van der Waals surface area contributed by atoms with E-state index in [2.05, 4.69) is 78.1 Å². The van der Waals surface area contributed by atoms with Crippen LogP contribution in [0.15, 0.2) is 34.7 Å². The first-order chi connectivity index (χ1) is 13.0. The minimum absolute atomic E-state index is 1.21. The van der Waals surface area contributed by atoms with Crippen molar-refractivity contribution in [3.63, 3.8) is 0 Å². The summed E-state index contributed by atoms with van der Waals surface area (Å²) in [7, 11) is -3.34. The molecule has 2 heteroatoms. The van der Waals surface area contributed by atoms with Crippen molar-refractivity contribution in [3.05, 3.63) is 79.2 Å². The van der Waals surface area contributed by atoms with Crippen LogP contribution in [-0.2, 0) is 12.8 Å². The van der Waals surface area contributed by atoms with Crippen LogP contribution < -0.4 is 0 Å². The van der Waals surface area contributed by atoms with Crippen LogP contribution in [-0.4, -0.2) is 16.1 Å². The van der Waals surface area contributed by atoms with E-state index in [1.54, 1.807) is 22.3 Å². The first-order valence-corrected chi connectivity index (χ1v) is 16.7. The first-order valence-electron chi connectivity index (χ1n) is 10.7. The molecule has 0 fully saturated rings. The average Bonchev–Trinajstić information content (AvgIpc) is 3.15. The molecule has 2 aliphatic carbocycles. The summed E-state index contributed by atoms with van der Waals surface area (Å²) in [5.41, 5.74) is 12.3. The zero-order chi connectivity index (χ0) is 20.2. The molecule has 3 aliphatic rings. The van der Waals surface area contributed by atoms with E-state index in [-0.39, 0.29) is 0 Å². The van der Waals surface area contributed by atoms with Crippen LogP contribution in [0.4, 0.5) is 0 Å². The molecule has 0 N–H and O–H groups in total. The molecule has 0 bridgehead atoms. The highest BCUT2D eigenvalue weighted by Crippen LogP contribution is 2.57. The number of aryl methyl sites for hydroxylation is 4. The summed E-state index contributed by atoms with van der Waals surface area (Å²) in [4.78, 5) is 0. The second-order valence-electron chi connectivity index (χ2n) is 10.5. The van der Waals surface area contributed by atoms with Crippen LogP contribution >= 0.6 is 0 Å². The van der Waals surface area contributed by atoms with Crippen LogP contribution in [0.25, 0.3) is 10.4 Å². The van der Waals surface area contributed by atoms with Gasteiger partial charge in [0.2, 0.25) is 0 Å². The second-order valence-corrected chi connectivity index (χ2v) is 19.2. The number of allylic oxidation sites excluding steroid dienone is 2. The van der Waals surface area contributed by atoms with Crippen molar-refractivity contribution >= 4 is 26.5 Å². The van der Waals surface area contributed by atoms with E-state index < -0.39 is 16.1 Å². The maximum atomic E-state index is 2.64. The number of rotatable bonds is 0. The highest BCUT2D eigenvalue weighted by atomic mass is 28.3. The Morgan fingerprint density at radius 2 is 0.857 bits per heavy atom. The standard InChI is InChI=1S/C26H32Si2/c1-15-9-19-13-23-25(21(19)11-17(15)3)28(7,8)24-14-20-10-16(2)18(4)12-22(20)26(24)27(23,5)6/h9-12H,13-14H2,1-8H3. The van der Waals surface area contributed by atoms with Crippen molar-refractivity contribution in [1.29, 1.82) is 0 Å².